The number of benzene rings is 1. The molecule has 1 N–H and O–H groups in total. The second-order valence-electron chi connectivity index (χ2n) is 6.31. The quantitative estimate of drug-likeness (QED) is 0.753. The van der Waals surface area contributed by atoms with Crippen molar-refractivity contribution in [3.8, 4) is 11.8 Å². The Morgan fingerprint density at radius 2 is 2.08 bits per heavy atom. The molecule has 3 rings (SSSR count). The van der Waals surface area contributed by atoms with Crippen LogP contribution >= 0.6 is 11.6 Å². The summed E-state index contributed by atoms with van der Waals surface area (Å²) in [5, 5.41) is 13.6. The first-order valence-corrected chi connectivity index (χ1v) is 8.10. The number of hydrogen-bond donors (Lipinski definition) is 1. The molecule has 0 saturated heterocycles. The normalized spacial score (nSPS) is 24.8. The van der Waals surface area contributed by atoms with Gasteiger partial charge >= 0.3 is 6.18 Å². The van der Waals surface area contributed by atoms with Crippen LogP contribution in [0.25, 0.3) is 0 Å². The predicted octanol–water partition coefficient (Wildman–Crippen LogP) is 2.15. The molecule has 5 nitrogen and oxygen atoms in total. The average molecular weight is 386 g/mol. The Balaban J connectivity index is 2.35. The number of carboxylic acid groups (broad SMARTS) is 1. The third-order valence-electron chi connectivity index (χ3n) is 4.50. The molecule has 2 aliphatic rings. The number of alkyl halides is 3. The number of carbonyl (C=O) groups is 2. The Bertz CT molecular complexity index is 842. The Morgan fingerprint density at radius 1 is 1.42 bits per heavy atom. The number of hydrogen-bond acceptors (Lipinski definition) is 3. The molecule has 138 valence electrons. The van der Waals surface area contributed by atoms with E-state index < -0.39 is 29.6 Å². The van der Waals surface area contributed by atoms with Crippen molar-refractivity contribution in [3.63, 3.8) is 0 Å². The minimum absolute atomic E-state index is 0.0107. The van der Waals surface area contributed by atoms with E-state index in [-0.39, 0.29) is 27.1 Å². The van der Waals surface area contributed by atoms with Crippen LogP contribution in [0, 0.1) is 17.8 Å². The van der Waals surface area contributed by atoms with E-state index in [9.17, 15) is 27.9 Å². The van der Waals surface area contributed by atoms with Crippen LogP contribution in [0.4, 0.5) is 23.7 Å². The summed E-state index contributed by atoms with van der Waals surface area (Å²) in [4.78, 5) is 24.0. The molecule has 0 radical (unpaired) electrons. The van der Waals surface area contributed by atoms with Gasteiger partial charge in [0.15, 0.2) is 5.41 Å². The van der Waals surface area contributed by atoms with Crippen molar-refractivity contribution in [3.05, 3.63) is 28.8 Å². The highest BCUT2D eigenvalue weighted by atomic mass is 35.5. The fourth-order valence-electron chi connectivity index (χ4n) is 3.03. The van der Waals surface area contributed by atoms with Gasteiger partial charge in [-0.1, -0.05) is 23.4 Å². The van der Waals surface area contributed by atoms with Gasteiger partial charge in [-0.25, -0.2) is 0 Å². The second-order valence-corrected chi connectivity index (χ2v) is 6.74. The molecule has 1 heterocycles. The van der Waals surface area contributed by atoms with E-state index >= 15 is 0 Å². The lowest BCUT2D eigenvalue weighted by Crippen LogP contribution is -2.66. The summed E-state index contributed by atoms with van der Waals surface area (Å²) in [7, 11) is 0.856. The number of nitrogens with one attached hydrogen (secondary N) is 1. The first-order chi connectivity index (χ1) is 12.1. The largest absolute Gasteiger partial charge is 0.530 e. The molecule has 1 aliphatic carbocycles. The summed E-state index contributed by atoms with van der Waals surface area (Å²) < 4.78 is 43.1. The molecule has 1 aliphatic heterocycles. The monoisotopic (exact) mass is 385 g/mol. The minimum Gasteiger partial charge on any atom is -0.530 e. The molecule has 2 amide bonds. The molecule has 0 aromatic heterocycles. The number of halogens is 4. The summed E-state index contributed by atoms with van der Waals surface area (Å²) in [6.45, 7) is 0. The van der Waals surface area contributed by atoms with E-state index in [1.54, 1.807) is 0 Å². The van der Waals surface area contributed by atoms with Crippen LogP contribution in [0.5, 0.6) is 0 Å². The van der Waals surface area contributed by atoms with Crippen LogP contribution in [-0.4, -0.2) is 36.2 Å². The van der Waals surface area contributed by atoms with Crippen molar-refractivity contribution >= 4 is 29.3 Å². The predicted molar refractivity (Wildman–Crippen MR) is 85.3 cm³/mol. The molecule has 2 atom stereocenters. The van der Waals surface area contributed by atoms with Gasteiger partial charge in [-0.15, -0.1) is 0 Å². The van der Waals surface area contributed by atoms with Gasteiger partial charge in [0.2, 0.25) is 5.91 Å². The lowest BCUT2D eigenvalue weighted by molar-refractivity contribution is -0.270. The van der Waals surface area contributed by atoms with E-state index in [4.69, 9.17) is 11.6 Å². The van der Waals surface area contributed by atoms with Gasteiger partial charge in [-0.2, -0.15) is 13.2 Å². The van der Waals surface area contributed by atoms with Crippen LogP contribution in [0.15, 0.2) is 18.2 Å². The van der Waals surface area contributed by atoms with E-state index in [0.717, 1.165) is 13.1 Å². The smallest absolute Gasteiger partial charge is 0.411 e. The summed E-state index contributed by atoms with van der Waals surface area (Å²) >= 11 is 5.88. The lowest BCUT2D eigenvalue weighted by atomic mass is 9.70. The van der Waals surface area contributed by atoms with Gasteiger partial charge in [0, 0.05) is 29.2 Å². The lowest BCUT2D eigenvalue weighted by Gasteiger charge is -2.46. The standard InChI is InChI=1S/C17H14ClF3N2O3/c1-23(15(25)26)13-14(24)22-12-5-4-10(18)8-11(12)16(13,17(19,20)21)7-6-9-2-3-9/h4-5,8-9,13H,2-3H2,1H3,(H,22,24)(H,25,26)/p-1/t13-,16+/m0/s1. The Kier molecular flexibility index (Phi) is 4.31. The van der Waals surface area contributed by atoms with Crippen LogP contribution in [0.2, 0.25) is 5.02 Å². The third-order valence-corrected chi connectivity index (χ3v) is 4.73. The highest BCUT2D eigenvalue weighted by molar-refractivity contribution is 6.30. The Labute approximate surface area is 152 Å². The van der Waals surface area contributed by atoms with Gasteiger partial charge in [0.05, 0.1) is 0 Å². The van der Waals surface area contributed by atoms with Crippen molar-refractivity contribution in [2.75, 3.05) is 12.4 Å². The number of anilines is 1. The highest BCUT2D eigenvalue weighted by Crippen LogP contribution is 2.51. The van der Waals surface area contributed by atoms with Crippen molar-refractivity contribution < 1.29 is 27.9 Å². The molecular formula is C17H13ClF3N2O3-. The van der Waals surface area contributed by atoms with Crippen LogP contribution in [0.3, 0.4) is 0 Å². The number of nitrogens with zero attached hydrogens (tertiary/aromatic N) is 1. The number of carbonyl (C=O) groups excluding carboxylic acids is 2. The fraction of sp³-hybridized carbons (Fsp3) is 0.412. The van der Waals surface area contributed by atoms with E-state index in [2.05, 4.69) is 17.2 Å². The van der Waals surface area contributed by atoms with Crippen LogP contribution in [0.1, 0.15) is 18.4 Å². The first-order valence-electron chi connectivity index (χ1n) is 7.72. The maximum Gasteiger partial charge on any atom is 0.411 e. The van der Waals surface area contributed by atoms with Crippen molar-refractivity contribution in [2.24, 2.45) is 5.92 Å². The molecule has 0 spiro atoms. The maximum absolute atomic E-state index is 14.4. The molecular weight excluding hydrogens is 373 g/mol. The highest BCUT2D eigenvalue weighted by Gasteiger charge is 2.66. The molecule has 0 bridgehead atoms. The zero-order valence-corrected chi connectivity index (χ0v) is 14.2. The van der Waals surface area contributed by atoms with Crippen molar-refractivity contribution in [1.82, 2.24) is 4.90 Å². The zero-order valence-electron chi connectivity index (χ0n) is 13.5. The molecule has 1 saturated carbocycles. The van der Waals surface area contributed by atoms with E-state index in [1.807, 2.05) is 0 Å². The average Bonchev–Trinajstić information content (AvgIpc) is 3.35. The van der Waals surface area contributed by atoms with Gasteiger partial charge in [-0.05, 0) is 31.0 Å². The maximum atomic E-state index is 14.4. The third kappa shape index (κ3) is 2.86. The van der Waals surface area contributed by atoms with Gasteiger partial charge in [0.25, 0.3) is 0 Å². The summed E-state index contributed by atoms with van der Waals surface area (Å²) in [5.41, 5.74) is -3.54. The van der Waals surface area contributed by atoms with Crippen molar-refractivity contribution in [2.45, 2.75) is 30.5 Å². The number of rotatable bonds is 1. The molecule has 9 heteroatoms. The summed E-state index contributed by atoms with van der Waals surface area (Å²) in [5.74, 6) is 3.43. The summed E-state index contributed by atoms with van der Waals surface area (Å²) in [6, 6.07) is 1.47. The Morgan fingerprint density at radius 3 is 2.62 bits per heavy atom. The zero-order chi connectivity index (χ0) is 19.3. The fourth-order valence-corrected chi connectivity index (χ4v) is 3.20. The first kappa shape index (κ1) is 18.4. The number of likely N-dealkylation sites (N-methyl/N-ethyl adjacent to an activating group) is 1. The Hall–Kier alpha value is -2.40. The van der Waals surface area contributed by atoms with Gasteiger partial charge < -0.3 is 20.1 Å². The number of fused-ring (bicyclic) bond motifs is 1. The summed E-state index contributed by atoms with van der Waals surface area (Å²) in [6.07, 6.45) is -5.63. The van der Waals surface area contributed by atoms with Crippen LogP contribution in [-0.2, 0) is 10.2 Å². The van der Waals surface area contributed by atoms with Crippen molar-refractivity contribution in [1.29, 1.82) is 0 Å². The molecule has 1 fully saturated rings. The molecule has 1 aromatic carbocycles. The molecule has 26 heavy (non-hydrogen) atoms. The molecule has 1 aromatic rings. The second kappa shape index (κ2) is 6.09. The van der Waals surface area contributed by atoms with E-state index in [1.165, 1.54) is 12.1 Å². The van der Waals surface area contributed by atoms with E-state index in [0.29, 0.717) is 12.8 Å². The SMILES string of the molecule is CN(C(=O)[O-])[C@H]1C(=O)Nc2ccc(Cl)cc2[C@@]1(C#CC1CC1)C(F)(F)F. The topological polar surface area (TPSA) is 72.5 Å². The van der Waals surface area contributed by atoms with Gasteiger partial charge in [0.1, 0.15) is 12.1 Å². The number of amides is 2. The van der Waals surface area contributed by atoms with Gasteiger partial charge in [-0.3, -0.25) is 4.79 Å². The minimum atomic E-state index is -5.04. The van der Waals surface area contributed by atoms with Crippen LogP contribution < -0.4 is 10.4 Å². The molecule has 0 unspecified atom stereocenters.